The molecule has 0 bridgehead atoms. The number of nitrogens with one attached hydrogen (secondary N) is 1. The maximum absolute atomic E-state index is 6.03. The fourth-order valence-corrected chi connectivity index (χ4v) is 3.47. The van der Waals surface area contributed by atoms with E-state index in [0.717, 1.165) is 28.5 Å². The number of aromatic nitrogens is 1. The van der Waals surface area contributed by atoms with Crippen LogP contribution in [0.5, 0.6) is 0 Å². The zero-order valence-corrected chi connectivity index (χ0v) is 16.9. The van der Waals surface area contributed by atoms with Gasteiger partial charge in [0.25, 0.3) is 0 Å². The summed E-state index contributed by atoms with van der Waals surface area (Å²) in [7, 11) is 0. The highest BCUT2D eigenvalue weighted by molar-refractivity contribution is 8.22. The summed E-state index contributed by atoms with van der Waals surface area (Å²) in [5, 5.41) is 4.58. The number of nitrogens with two attached hydrogens (primary N) is 1. The van der Waals surface area contributed by atoms with Gasteiger partial charge in [0.05, 0.1) is 11.2 Å². The first-order valence-electron chi connectivity index (χ1n) is 9.12. The number of nitrogens with zero attached hydrogens (tertiary/aromatic N) is 1. The van der Waals surface area contributed by atoms with Crippen LogP contribution >= 0.6 is 24.0 Å². The predicted octanol–water partition coefficient (Wildman–Crippen LogP) is 4.94. The summed E-state index contributed by atoms with van der Waals surface area (Å²) in [5.41, 5.74) is 10.7. The van der Waals surface area contributed by atoms with Crippen LogP contribution in [0.1, 0.15) is 55.8 Å². The Balaban J connectivity index is 2.32. The maximum Gasteiger partial charge on any atom is 0.133 e. The first-order valence-corrected chi connectivity index (χ1v) is 10.8. The minimum Gasteiger partial charge on any atom is -0.367 e. The first-order chi connectivity index (χ1) is 12.2. The van der Waals surface area contributed by atoms with Gasteiger partial charge in [-0.2, -0.15) is 0 Å². The molecule has 2 rings (SSSR count). The molecule has 0 spiro atoms. The molecule has 136 valence electrons. The van der Waals surface area contributed by atoms with Gasteiger partial charge in [0, 0.05) is 18.5 Å². The number of fused-ring (bicyclic) bond motifs is 1. The minimum atomic E-state index is 0.481. The maximum atomic E-state index is 6.03. The van der Waals surface area contributed by atoms with Crippen LogP contribution in [-0.2, 0) is 19.5 Å². The molecule has 0 saturated heterocycles. The van der Waals surface area contributed by atoms with Crippen LogP contribution in [0.4, 0.5) is 0 Å². The lowest BCUT2D eigenvalue weighted by Crippen LogP contribution is -2.20. The van der Waals surface area contributed by atoms with Crippen molar-refractivity contribution in [2.24, 2.45) is 5.73 Å². The largest absolute Gasteiger partial charge is 0.367 e. The normalized spacial score (nSPS) is 11.0. The zero-order valence-electron chi connectivity index (χ0n) is 15.3. The fourth-order valence-electron chi connectivity index (χ4n) is 3.18. The second-order valence-electron chi connectivity index (χ2n) is 6.25. The summed E-state index contributed by atoms with van der Waals surface area (Å²) in [6.07, 6.45) is 9.38. The SMILES string of the molecule is CCCCCCCc1c(CN)nc2ccccc2c1CNC(=S)SC. The number of thiocarbonyl (C=S) groups is 1. The first kappa shape index (κ1) is 20.1. The Bertz CT molecular complexity index is 701. The van der Waals surface area contributed by atoms with Crippen molar-refractivity contribution in [2.75, 3.05) is 6.26 Å². The van der Waals surface area contributed by atoms with Crippen LogP contribution in [0.2, 0.25) is 0 Å². The number of para-hydroxylation sites is 1. The molecule has 25 heavy (non-hydrogen) atoms. The van der Waals surface area contributed by atoms with Crippen molar-refractivity contribution in [1.29, 1.82) is 0 Å². The Morgan fingerprint density at radius 1 is 1.16 bits per heavy atom. The molecule has 3 N–H and O–H groups in total. The Morgan fingerprint density at radius 2 is 1.92 bits per heavy atom. The lowest BCUT2D eigenvalue weighted by molar-refractivity contribution is 0.628. The number of pyridine rings is 1. The van der Waals surface area contributed by atoms with Gasteiger partial charge in [-0.3, -0.25) is 4.98 Å². The van der Waals surface area contributed by atoms with Gasteiger partial charge in [0.15, 0.2) is 0 Å². The van der Waals surface area contributed by atoms with E-state index in [4.69, 9.17) is 22.9 Å². The van der Waals surface area contributed by atoms with Crippen LogP contribution in [-0.4, -0.2) is 15.6 Å². The standard InChI is InChI=1S/C20H29N3S2/c1-3-4-5-6-7-10-16-17(14-22-20(24)25-2)15-11-8-9-12-18(15)23-19(16)13-21/h8-9,11-12H,3-7,10,13-14,21H2,1-2H3,(H,22,24). The molecule has 1 aromatic heterocycles. The van der Waals surface area contributed by atoms with E-state index >= 15 is 0 Å². The average Bonchev–Trinajstić information content (AvgIpc) is 2.65. The molecule has 0 fully saturated rings. The quantitative estimate of drug-likeness (QED) is 0.480. The summed E-state index contributed by atoms with van der Waals surface area (Å²) in [5.74, 6) is 0. The van der Waals surface area contributed by atoms with Crippen molar-refractivity contribution in [1.82, 2.24) is 10.3 Å². The third-order valence-electron chi connectivity index (χ3n) is 4.52. The Kier molecular flexibility index (Phi) is 8.65. The van der Waals surface area contributed by atoms with Crippen LogP contribution in [0, 0.1) is 0 Å². The summed E-state index contributed by atoms with van der Waals surface area (Å²) in [6, 6.07) is 8.33. The third-order valence-corrected chi connectivity index (χ3v) is 5.68. The molecule has 0 aliphatic carbocycles. The van der Waals surface area contributed by atoms with Crippen molar-refractivity contribution in [3.63, 3.8) is 0 Å². The Morgan fingerprint density at radius 3 is 2.64 bits per heavy atom. The molecular formula is C20H29N3S2. The van der Waals surface area contributed by atoms with Crippen molar-refractivity contribution >= 4 is 39.2 Å². The van der Waals surface area contributed by atoms with Crippen LogP contribution in [0.15, 0.2) is 24.3 Å². The highest BCUT2D eigenvalue weighted by Crippen LogP contribution is 2.26. The summed E-state index contributed by atoms with van der Waals surface area (Å²) in [4.78, 5) is 4.83. The second-order valence-corrected chi connectivity index (χ2v) is 7.73. The molecule has 0 unspecified atom stereocenters. The van der Waals surface area contributed by atoms with E-state index in [-0.39, 0.29) is 0 Å². The summed E-state index contributed by atoms with van der Waals surface area (Å²) in [6.45, 7) is 3.47. The average molecular weight is 376 g/mol. The lowest BCUT2D eigenvalue weighted by atomic mass is 9.95. The molecular weight excluding hydrogens is 346 g/mol. The minimum absolute atomic E-state index is 0.481. The van der Waals surface area contributed by atoms with Gasteiger partial charge in [-0.15, -0.1) is 11.8 Å². The molecule has 3 nitrogen and oxygen atoms in total. The van der Waals surface area contributed by atoms with E-state index < -0.39 is 0 Å². The molecule has 0 amide bonds. The molecule has 0 aliphatic heterocycles. The fraction of sp³-hybridized carbons (Fsp3) is 0.500. The second kappa shape index (κ2) is 10.7. The van der Waals surface area contributed by atoms with Crippen LogP contribution in [0.3, 0.4) is 0 Å². The number of hydrogen-bond acceptors (Lipinski definition) is 4. The highest BCUT2D eigenvalue weighted by atomic mass is 32.2. The lowest BCUT2D eigenvalue weighted by Gasteiger charge is -2.17. The predicted molar refractivity (Wildman–Crippen MR) is 115 cm³/mol. The number of rotatable bonds is 9. The third kappa shape index (κ3) is 5.66. The Hall–Kier alpha value is -1.17. The molecule has 5 heteroatoms. The van der Waals surface area contributed by atoms with Gasteiger partial charge < -0.3 is 11.1 Å². The van der Waals surface area contributed by atoms with Gasteiger partial charge in [-0.1, -0.05) is 63.0 Å². The molecule has 0 radical (unpaired) electrons. The summed E-state index contributed by atoms with van der Waals surface area (Å²) >= 11 is 6.90. The van der Waals surface area contributed by atoms with Crippen molar-refractivity contribution < 1.29 is 0 Å². The van der Waals surface area contributed by atoms with Gasteiger partial charge in [0.2, 0.25) is 0 Å². The van der Waals surface area contributed by atoms with Gasteiger partial charge in [0.1, 0.15) is 4.32 Å². The van der Waals surface area contributed by atoms with E-state index in [0.29, 0.717) is 6.54 Å². The number of benzene rings is 1. The monoisotopic (exact) mass is 375 g/mol. The zero-order chi connectivity index (χ0) is 18.1. The van der Waals surface area contributed by atoms with E-state index in [1.165, 1.54) is 48.6 Å². The number of hydrogen-bond donors (Lipinski definition) is 2. The highest BCUT2D eigenvalue weighted by Gasteiger charge is 2.14. The smallest absolute Gasteiger partial charge is 0.133 e. The molecule has 2 aromatic rings. The molecule has 0 saturated carbocycles. The van der Waals surface area contributed by atoms with Crippen LogP contribution in [0.25, 0.3) is 10.9 Å². The van der Waals surface area contributed by atoms with E-state index in [9.17, 15) is 0 Å². The van der Waals surface area contributed by atoms with E-state index in [1.54, 1.807) is 11.8 Å². The van der Waals surface area contributed by atoms with E-state index in [2.05, 4.69) is 30.4 Å². The summed E-state index contributed by atoms with van der Waals surface area (Å²) < 4.78 is 0.823. The van der Waals surface area contributed by atoms with Crippen molar-refractivity contribution in [3.8, 4) is 0 Å². The molecule has 0 aliphatic rings. The van der Waals surface area contributed by atoms with Crippen LogP contribution < -0.4 is 11.1 Å². The molecule has 1 heterocycles. The molecule has 0 atom stereocenters. The number of thioether (sulfide) groups is 1. The van der Waals surface area contributed by atoms with Gasteiger partial charge in [-0.05, 0) is 36.3 Å². The van der Waals surface area contributed by atoms with Crippen molar-refractivity contribution in [3.05, 3.63) is 41.1 Å². The Labute approximate surface area is 161 Å². The van der Waals surface area contributed by atoms with Crippen molar-refractivity contribution in [2.45, 2.75) is 58.5 Å². The van der Waals surface area contributed by atoms with Gasteiger partial charge >= 0.3 is 0 Å². The topological polar surface area (TPSA) is 50.9 Å². The molecule has 1 aromatic carbocycles. The van der Waals surface area contributed by atoms with Gasteiger partial charge in [-0.25, -0.2) is 0 Å². The van der Waals surface area contributed by atoms with E-state index in [1.807, 2.05) is 12.3 Å². The number of unbranched alkanes of at least 4 members (excludes halogenated alkanes) is 4.